The molecule has 0 aliphatic carbocycles. The van der Waals surface area contributed by atoms with Crippen LogP contribution in [0.3, 0.4) is 0 Å². The number of carbonyl (C=O) groups excluding carboxylic acids is 1. The molecule has 1 fully saturated rings. The van der Waals surface area contributed by atoms with Crippen LogP contribution >= 0.6 is 0 Å². The van der Waals surface area contributed by atoms with Crippen LogP contribution in [-0.2, 0) is 10.0 Å². The average Bonchev–Trinajstić information content (AvgIpc) is 3.01. The summed E-state index contributed by atoms with van der Waals surface area (Å²) in [6, 6.07) is 8.12. The number of hydrogen-bond acceptors (Lipinski definition) is 6. The Labute approximate surface area is 151 Å². The summed E-state index contributed by atoms with van der Waals surface area (Å²) in [6.45, 7) is 2.61. The number of aromatic nitrogens is 1. The highest BCUT2D eigenvalue weighted by Gasteiger charge is 2.44. The van der Waals surface area contributed by atoms with Gasteiger partial charge in [0.15, 0.2) is 5.69 Å². The molecule has 0 saturated carbocycles. The first-order valence-electron chi connectivity index (χ1n) is 8.37. The van der Waals surface area contributed by atoms with Crippen molar-refractivity contribution in [2.45, 2.75) is 30.2 Å². The lowest BCUT2D eigenvalue weighted by Gasteiger charge is -2.41. The van der Waals surface area contributed by atoms with E-state index in [1.54, 1.807) is 36.1 Å². The Hall–Kier alpha value is -2.39. The van der Waals surface area contributed by atoms with Crippen LogP contribution in [0.15, 0.2) is 39.8 Å². The second kappa shape index (κ2) is 6.10. The van der Waals surface area contributed by atoms with Crippen molar-refractivity contribution in [2.24, 2.45) is 0 Å². The number of ether oxygens (including phenoxy) is 1. The summed E-state index contributed by atoms with van der Waals surface area (Å²) in [4.78, 5) is 14.4. The summed E-state index contributed by atoms with van der Waals surface area (Å²) in [7, 11) is -3.74. The Morgan fingerprint density at radius 2 is 2.15 bits per heavy atom. The standard InChI is InChI=1S/C17H19N3O5S/c1-12-9-13(18-25-12)16(21)20-8-4-7-17(10-20)11-24-14-5-2-3-6-15(14)26(22,23)19-17/h2-3,5-6,9,19H,4,7-8,10-11H2,1H3. The third kappa shape index (κ3) is 2.97. The molecule has 138 valence electrons. The molecule has 1 atom stereocenters. The second-order valence-corrected chi connectivity index (χ2v) is 8.43. The van der Waals surface area contributed by atoms with Gasteiger partial charge in [-0.1, -0.05) is 17.3 Å². The van der Waals surface area contributed by atoms with Gasteiger partial charge < -0.3 is 14.2 Å². The molecule has 26 heavy (non-hydrogen) atoms. The number of amides is 1. The van der Waals surface area contributed by atoms with E-state index in [-0.39, 0.29) is 29.6 Å². The van der Waals surface area contributed by atoms with E-state index in [1.807, 2.05) is 0 Å². The van der Waals surface area contributed by atoms with Gasteiger partial charge in [-0.05, 0) is 31.9 Å². The summed E-state index contributed by atoms with van der Waals surface area (Å²) in [5.74, 6) is 0.600. The molecule has 8 nitrogen and oxygen atoms in total. The zero-order valence-corrected chi connectivity index (χ0v) is 15.1. The smallest absolute Gasteiger partial charge is 0.276 e. The number of rotatable bonds is 1. The summed E-state index contributed by atoms with van der Waals surface area (Å²) in [5, 5.41) is 3.77. The van der Waals surface area contributed by atoms with Crippen molar-refractivity contribution in [2.75, 3.05) is 19.7 Å². The number of benzene rings is 1. The number of aryl methyl sites for hydroxylation is 1. The predicted octanol–water partition coefficient (Wildman–Crippen LogP) is 1.33. The Morgan fingerprint density at radius 3 is 2.92 bits per heavy atom. The van der Waals surface area contributed by atoms with E-state index in [1.165, 1.54) is 6.07 Å². The number of carbonyl (C=O) groups is 1. The van der Waals surface area contributed by atoms with Crippen LogP contribution in [0.25, 0.3) is 0 Å². The van der Waals surface area contributed by atoms with E-state index in [9.17, 15) is 13.2 Å². The third-order valence-corrected chi connectivity index (χ3v) is 6.32. The summed E-state index contributed by atoms with van der Waals surface area (Å²) < 4.78 is 39.1. The summed E-state index contributed by atoms with van der Waals surface area (Å²) in [5.41, 5.74) is -0.648. The maximum absolute atomic E-state index is 12.8. The summed E-state index contributed by atoms with van der Waals surface area (Å²) in [6.07, 6.45) is 1.24. The average molecular weight is 377 g/mol. The van der Waals surface area contributed by atoms with Gasteiger partial charge in [-0.25, -0.2) is 8.42 Å². The van der Waals surface area contributed by atoms with Crippen LogP contribution in [-0.4, -0.2) is 49.6 Å². The molecule has 1 saturated heterocycles. The van der Waals surface area contributed by atoms with Crippen LogP contribution < -0.4 is 9.46 Å². The van der Waals surface area contributed by atoms with Crippen molar-refractivity contribution < 1.29 is 22.5 Å². The highest BCUT2D eigenvalue weighted by molar-refractivity contribution is 7.89. The van der Waals surface area contributed by atoms with Gasteiger partial charge in [0.2, 0.25) is 10.0 Å². The number of piperidine rings is 1. The van der Waals surface area contributed by atoms with Gasteiger partial charge in [0.05, 0.1) is 5.54 Å². The van der Waals surface area contributed by atoms with Gasteiger partial charge in [0.25, 0.3) is 5.91 Å². The summed E-state index contributed by atoms with van der Waals surface area (Å²) >= 11 is 0. The normalized spacial score (nSPS) is 24.6. The molecule has 9 heteroatoms. The highest BCUT2D eigenvalue weighted by Crippen LogP contribution is 2.32. The number of hydrogen-bond donors (Lipinski definition) is 1. The highest BCUT2D eigenvalue weighted by atomic mass is 32.2. The van der Waals surface area contributed by atoms with E-state index < -0.39 is 15.6 Å². The minimum Gasteiger partial charge on any atom is -0.490 e. The molecule has 2 aliphatic rings. The molecule has 1 aromatic carbocycles. The van der Waals surface area contributed by atoms with Gasteiger partial charge >= 0.3 is 0 Å². The lowest BCUT2D eigenvalue weighted by atomic mass is 9.90. The molecular weight excluding hydrogens is 358 g/mol. The molecule has 0 bridgehead atoms. The number of fused-ring (bicyclic) bond motifs is 1. The van der Waals surface area contributed by atoms with Crippen LogP contribution in [0.1, 0.15) is 29.1 Å². The molecule has 1 unspecified atom stereocenters. The molecule has 1 spiro atoms. The number of para-hydroxylation sites is 1. The number of nitrogens with zero attached hydrogens (tertiary/aromatic N) is 2. The Kier molecular flexibility index (Phi) is 4.00. The van der Waals surface area contributed by atoms with Gasteiger partial charge in [0, 0.05) is 19.2 Å². The van der Waals surface area contributed by atoms with E-state index in [0.717, 1.165) is 0 Å². The van der Waals surface area contributed by atoms with Crippen molar-refractivity contribution >= 4 is 15.9 Å². The van der Waals surface area contributed by atoms with Crippen molar-refractivity contribution in [3.8, 4) is 5.75 Å². The topological polar surface area (TPSA) is 102 Å². The molecule has 2 aliphatic heterocycles. The number of nitrogens with one attached hydrogen (secondary N) is 1. The molecule has 1 N–H and O–H groups in total. The molecule has 4 rings (SSSR count). The van der Waals surface area contributed by atoms with Crippen molar-refractivity contribution in [1.82, 2.24) is 14.8 Å². The molecule has 1 amide bonds. The first-order valence-corrected chi connectivity index (χ1v) is 9.85. The van der Waals surface area contributed by atoms with Crippen molar-refractivity contribution in [1.29, 1.82) is 0 Å². The third-order valence-electron chi connectivity index (χ3n) is 4.70. The molecule has 3 heterocycles. The monoisotopic (exact) mass is 377 g/mol. The first kappa shape index (κ1) is 17.0. The van der Waals surface area contributed by atoms with Crippen molar-refractivity contribution in [3.05, 3.63) is 41.8 Å². The minimum absolute atomic E-state index is 0.118. The van der Waals surface area contributed by atoms with Gasteiger partial charge in [-0.3, -0.25) is 4.79 Å². The molecule has 0 radical (unpaired) electrons. The Morgan fingerprint density at radius 1 is 1.35 bits per heavy atom. The van der Waals surface area contributed by atoms with E-state index in [0.29, 0.717) is 30.9 Å². The van der Waals surface area contributed by atoms with Crippen LogP contribution in [0, 0.1) is 6.92 Å². The van der Waals surface area contributed by atoms with E-state index in [2.05, 4.69) is 9.88 Å². The largest absolute Gasteiger partial charge is 0.490 e. The Bertz CT molecular complexity index is 955. The maximum Gasteiger partial charge on any atom is 0.276 e. The van der Waals surface area contributed by atoms with Crippen LogP contribution in [0.5, 0.6) is 5.75 Å². The first-order chi connectivity index (χ1) is 12.4. The zero-order chi connectivity index (χ0) is 18.4. The second-order valence-electron chi connectivity index (χ2n) is 6.77. The fourth-order valence-electron chi connectivity index (χ4n) is 3.51. The quantitative estimate of drug-likeness (QED) is 0.804. The van der Waals surface area contributed by atoms with Gasteiger partial charge in [0.1, 0.15) is 23.0 Å². The molecular formula is C17H19N3O5S. The van der Waals surface area contributed by atoms with Gasteiger partial charge in [-0.2, -0.15) is 4.72 Å². The van der Waals surface area contributed by atoms with Crippen LogP contribution in [0.2, 0.25) is 0 Å². The predicted molar refractivity (Wildman–Crippen MR) is 91.4 cm³/mol. The van der Waals surface area contributed by atoms with Gasteiger partial charge in [-0.15, -0.1) is 0 Å². The minimum atomic E-state index is -3.74. The zero-order valence-electron chi connectivity index (χ0n) is 14.3. The lowest BCUT2D eigenvalue weighted by Crippen LogP contribution is -2.61. The van der Waals surface area contributed by atoms with E-state index in [4.69, 9.17) is 9.26 Å². The fourth-order valence-corrected chi connectivity index (χ4v) is 5.07. The lowest BCUT2D eigenvalue weighted by molar-refractivity contribution is 0.0545. The fraction of sp³-hybridized carbons (Fsp3) is 0.412. The molecule has 2 aromatic rings. The van der Waals surface area contributed by atoms with Crippen LogP contribution in [0.4, 0.5) is 0 Å². The van der Waals surface area contributed by atoms with Crippen molar-refractivity contribution in [3.63, 3.8) is 0 Å². The number of likely N-dealkylation sites (tertiary alicyclic amines) is 1. The molecule has 1 aromatic heterocycles. The number of sulfonamides is 1. The maximum atomic E-state index is 12.8. The SMILES string of the molecule is Cc1cc(C(=O)N2CCCC3(COc4ccccc4S(=O)(=O)N3)C2)no1. The Balaban J connectivity index is 1.62. The van der Waals surface area contributed by atoms with E-state index >= 15 is 0 Å².